The van der Waals surface area contributed by atoms with Gasteiger partial charge in [-0.05, 0) is 31.4 Å². The highest BCUT2D eigenvalue weighted by Gasteiger charge is 2.45. The van der Waals surface area contributed by atoms with E-state index in [9.17, 15) is 13.2 Å². The molecule has 0 aromatic carbocycles. The summed E-state index contributed by atoms with van der Waals surface area (Å²) < 4.78 is 27.9. The van der Waals surface area contributed by atoms with E-state index in [-0.39, 0.29) is 22.5 Å². The summed E-state index contributed by atoms with van der Waals surface area (Å²) in [5.41, 5.74) is 1.25. The van der Waals surface area contributed by atoms with E-state index in [1.807, 2.05) is 6.92 Å². The Kier molecular flexibility index (Phi) is 3.96. The standard InChI is InChI=1S/C17H20N4O3S/c1-2-16-19-15-9-12-6-5-11(8-14(15)17(22)20-16)21(12)25(23,24)13-4-3-7-18-10-13/h3-4,7,10-12H,2,5-6,8-9H2,1H3,(H,19,20,22)/t11-,12+/m1/s1. The summed E-state index contributed by atoms with van der Waals surface area (Å²) in [6.07, 6.45) is 6.04. The van der Waals surface area contributed by atoms with Gasteiger partial charge in [-0.3, -0.25) is 9.78 Å². The summed E-state index contributed by atoms with van der Waals surface area (Å²) >= 11 is 0. The van der Waals surface area contributed by atoms with Crippen molar-refractivity contribution in [1.29, 1.82) is 0 Å². The van der Waals surface area contributed by atoms with Gasteiger partial charge in [-0.1, -0.05) is 6.92 Å². The predicted octanol–water partition coefficient (Wildman–Crippen LogP) is 1.05. The number of aryl methyl sites for hydroxylation is 1. The van der Waals surface area contributed by atoms with E-state index < -0.39 is 10.0 Å². The number of nitrogens with one attached hydrogen (secondary N) is 1. The molecule has 25 heavy (non-hydrogen) atoms. The summed E-state index contributed by atoms with van der Waals surface area (Å²) in [6.45, 7) is 1.94. The van der Waals surface area contributed by atoms with Gasteiger partial charge in [-0.15, -0.1) is 0 Å². The van der Waals surface area contributed by atoms with Crippen molar-refractivity contribution in [2.75, 3.05) is 0 Å². The van der Waals surface area contributed by atoms with Crippen LogP contribution in [0.25, 0.3) is 0 Å². The molecule has 1 N–H and O–H groups in total. The molecule has 2 atom stereocenters. The molecule has 0 radical (unpaired) electrons. The second kappa shape index (κ2) is 6.03. The van der Waals surface area contributed by atoms with Gasteiger partial charge in [0, 0.05) is 42.9 Å². The number of hydrogen-bond donors (Lipinski definition) is 1. The second-order valence-corrected chi connectivity index (χ2v) is 8.45. The molecule has 0 aliphatic carbocycles. The molecule has 4 heterocycles. The summed E-state index contributed by atoms with van der Waals surface area (Å²) in [5.74, 6) is 0.656. The van der Waals surface area contributed by atoms with Gasteiger partial charge < -0.3 is 4.98 Å². The molecule has 1 saturated heterocycles. The van der Waals surface area contributed by atoms with Gasteiger partial charge >= 0.3 is 0 Å². The third kappa shape index (κ3) is 2.69. The number of hydrogen-bond acceptors (Lipinski definition) is 5. The Balaban J connectivity index is 1.77. The third-order valence-electron chi connectivity index (χ3n) is 5.12. The minimum Gasteiger partial charge on any atom is -0.310 e. The van der Waals surface area contributed by atoms with Crippen molar-refractivity contribution >= 4 is 10.0 Å². The summed E-state index contributed by atoms with van der Waals surface area (Å²) in [4.78, 5) is 24.0. The van der Waals surface area contributed by atoms with Crippen molar-refractivity contribution in [1.82, 2.24) is 19.3 Å². The Labute approximate surface area is 146 Å². The minimum absolute atomic E-state index is 0.131. The van der Waals surface area contributed by atoms with Gasteiger partial charge in [-0.25, -0.2) is 13.4 Å². The van der Waals surface area contributed by atoms with Crippen LogP contribution in [-0.2, 0) is 29.3 Å². The molecule has 0 saturated carbocycles. The predicted molar refractivity (Wildman–Crippen MR) is 91.7 cm³/mol. The highest BCUT2D eigenvalue weighted by Crippen LogP contribution is 2.36. The van der Waals surface area contributed by atoms with Gasteiger partial charge in [0.05, 0.1) is 5.69 Å². The fourth-order valence-electron chi connectivity index (χ4n) is 3.94. The van der Waals surface area contributed by atoms with Crippen LogP contribution >= 0.6 is 0 Å². The fraction of sp³-hybridized carbons (Fsp3) is 0.471. The molecule has 2 aromatic rings. The maximum absolute atomic E-state index is 13.1. The van der Waals surface area contributed by atoms with Crippen LogP contribution in [0.3, 0.4) is 0 Å². The molecule has 132 valence electrons. The Hall–Kier alpha value is -2.06. The molecule has 1 fully saturated rings. The Morgan fingerprint density at radius 3 is 2.72 bits per heavy atom. The number of aromatic amines is 1. The summed E-state index contributed by atoms with van der Waals surface area (Å²) in [6, 6.07) is 2.84. The zero-order valence-corrected chi connectivity index (χ0v) is 14.8. The lowest BCUT2D eigenvalue weighted by molar-refractivity contribution is 0.327. The van der Waals surface area contributed by atoms with Gasteiger partial charge in [0.15, 0.2) is 0 Å². The van der Waals surface area contributed by atoms with Crippen LogP contribution in [0.1, 0.15) is 36.8 Å². The van der Waals surface area contributed by atoms with E-state index in [0.29, 0.717) is 30.7 Å². The molecular weight excluding hydrogens is 340 g/mol. The van der Waals surface area contributed by atoms with Crippen molar-refractivity contribution in [3.8, 4) is 0 Å². The van der Waals surface area contributed by atoms with Gasteiger partial charge in [0.2, 0.25) is 10.0 Å². The van der Waals surface area contributed by atoms with E-state index in [2.05, 4.69) is 15.0 Å². The number of H-pyrrole nitrogens is 1. The van der Waals surface area contributed by atoms with Crippen LogP contribution < -0.4 is 5.56 Å². The fourth-order valence-corrected chi connectivity index (χ4v) is 5.77. The average molecular weight is 360 g/mol. The molecule has 2 aliphatic heterocycles. The highest BCUT2D eigenvalue weighted by atomic mass is 32.2. The van der Waals surface area contributed by atoms with Crippen LogP contribution in [0.4, 0.5) is 0 Å². The summed E-state index contributed by atoms with van der Waals surface area (Å²) in [7, 11) is -3.64. The lowest BCUT2D eigenvalue weighted by Crippen LogP contribution is -2.41. The first kappa shape index (κ1) is 16.4. The van der Waals surface area contributed by atoms with Crippen LogP contribution in [0.15, 0.2) is 34.2 Å². The third-order valence-corrected chi connectivity index (χ3v) is 7.11. The topological polar surface area (TPSA) is 96.0 Å². The van der Waals surface area contributed by atoms with Gasteiger partial charge in [0.25, 0.3) is 5.56 Å². The Bertz CT molecular complexity index is 956. The lowest BCUT2D eigenvalue weighted by atomic mass is 9.98. The molecule has 4 rings (SSSR count). The van der Waals surface area contributed by atoms with Crippen molar-refractivity contribution in [2.45, 2.75) is 56.0 Å². The first-order chi connectivity index (χ1) is 12.0. The largest absolute Gasteiger partial charge is 0.310 e. The van der Waals surface area contributed by atoms with Crippen molar-refractivity contribution in [2.24, 2.45) is 0 Å². The maximum atomic E-state index is 13.1. The molecule has 0 spiro atoms. The minimum atomic E-state index is -3.64. The number of rotatable bonds is 3. The lowest BCUT2D eigenvalue weighted by Gasteiger charge is -2.26. The first-order valence-corrected chi connectivity index (χ1v) is 9.99. The van der Waals surface area contributed by atoms with E-state index >= 15 is 0 Å². The smallest absolute Gasteiger partial charge is 0.254 e. The normalized spacial score (nSPS) is 23.2. The monoisotopic (exact) mass is 360 g/mol. The SMILES string of the molecule is CCc1nc2c(c(=O)[nH]1)C[C@H]1CC[C@@H](C2)N1S(=O)(=O)c1cccnc1. The van der Waals surface area contributed by atoms with Crippen molar-refractivity contribution < 1.29 is 8.42 Å². The Morgan fingerprint density at radius 2 is 2.04 bits per heavy atom. The zero-order chi connectivity index (χ0) is 17.6. The number of fused-ring (bicyclic) bond motifs is 3. The number of sulfonamides is 1. The molecule has 2 bridgehead atoms. The summed E-state index contributed by atoms with van der Waals surface area (Å²) in [5, 5.41) is 0. The number of nitrogens with zero attached hydrogens (tertiary/aromatic N) is 3. The van der Waals surface area contributed by atoms with Crippen molar-refractivity contribution in [3.63, 3.8) is 0 Å². The highest BCUT2D eigenvalue weighted by molar-refractivity contribution is 7.89. The molecule has 8 heteroatoms. The van der Waals surface area contributed by atoms with E-state index in [4.69, 9.17) is 0 Å². The number of pyridine rings is 1. The van der Waals surface area contributed by atoms with Crippen LogP contribution in [0.2, 0.25) is 0 Å². The first-order valence-electron chi connectivity index (χ1n) is 8.55. The molecular formula is C17H20N4O3S. The Morgan fingerprint density at radius 1 is 1.28 bits per heavy atom. The van der Waals surface area contributed by atoms with Crippen LogP contribution in [0, 0.1) is 0 Å². The van der Waals surface area contributed by atoms with Gasteiger partial charge in [-0.2, -0.15) is 4.31 Å². The maximum Gasteiger partial charge on any atom is 0.254 e. The quantitative estimate of drug-likeness (QED) is 0.882. The molecule has 0 amide bonds. The second-order valence-electron chi connectivity index (χ2n) is 6.61. The van der Waals surface area contributed by atoms with Crippen LogP contribution in [0.5, 0.6) is 0 Å². The average Bonchev–Trinajstić information content (AvgIpc) is 2.91. The van der Waals surface area contributed by atoms with E-state index in [1.54, 1.807) is 22.6 Å². The zero-order valence-electron chi connectivity index (χ0n) is 14.0. The molecule has 2 aromatic heterocycles. The molecule has 7 nitrogen and oxygen atoms in total. The molecule has 0 unspecified atom stereocenters. The van der Waals surface area contributed by atoms with Crippen molar-refractivity contribution in [3.05, 3.63) is 52.0 Å². The van der Waals surface area contributed by atoms with Crippen LogP contribution in [-0.4, -0.2) is 39.8 Å². The van der Waals surface area contributed by atoms with E-state index in [0.717, 1.165) is 18.5 Å². The van der Waals surface area contributed by atoms with Gasteiger partial charge in [0.1, 0.15) is 10.7 Å². The van der Waals surface area contributed by atoms with E-state index in [1.165, 1.54) is 6.20 Å². The number of aromatic nitrogens is 3. The molecule has 2 aliphatic rings.